The van der Waals surface area contributed by atoms with E-state index in [0.717, 1.165) is 51.6 Å². The first-order chi connectivity index (χ1) is 14.8. The molecule has 1 aliphatic rings. The highest BCUT2D eigenvalue weighted by atomic mass is 16.5. The fourth-order valence-corrected chi connectivity index (χ4v) is 4.14. The molecule has 9 heteroatoms. The van der Waals surface area contributed by atoms with Crippen molar-refractivity contribution >= 4 is 22.5 Å². The van der Waals surface area contributed by atoms with Gasteiger partial charge >= 0.3 is 0 Å². The maximum absolute atomic E-state index is 5.64. The summed E-state index contributed by atoms with van der Waals surface area (Å²) in [6.45, 7) is 4.33. The molecule has 5 aromatic heterocycles. The minimum atomic E-state index is 0.236. The second-order valence-electron chi connectivity index (χ2n) is 7.48. The number of pyridine rings is 1. The van der Waals surface area contributed by atoms with E-state index in [9.17, 15) is 0 Å². The van der Waals surface area contributed by atoms with Gasteiger partial charge in [-0.25, -0.2) is 14.5 Å². The number of aromatic nitrogens is 7. The monoisotopic (exact) mass is 400 g/mol. The number of imidazole rings is 1. The van der Waals surface area contributed by atoms with Crippen LogP contribution in [0.1, 0.15) is 6.92 Å². The Kier molecular flexibility index (Phi) is 3.81. The Morgan fingerprint density at radius 2 is 2.10 bits per heavy atom. The molecule has 2 N–H and O–H groups in total. The molecule has 6 rings (SSSR count). The Hall–Kier alpha value is -3.72. The van der Waals surface area contributed by atoms with Crippen LogP contribution in [0, 0.1) is 0 Å². The third kappa shape index (κ3) is 2.59. The Morgan fingerprint density at radius 1 is 1.13 bits per heavy atom. The number of ether oxygens (including phenoxy) is 1. The lowest BCUT2D eigenvalue weighted by Crippen LogP contribution is -2.44. The molecule has 1 fully saturated rings. The van der Waals surface area contributed by atoms with E-state index < -0.39 is 0 Å². The van der Waals surface area contributed by atoms with Gasteiger partial charge in [0.1, 0.15) is 11.3 Å². The van der Waals surface area contributed by atoms with Gasteiger partial charge in [0, 0.05) is 36.1 Å². The van der Waals surface area contributed by atoms with E-state index in [1.165, 1.54) is 0 Å². The zero-order valence-corrected chi connectivity index (χ0v) is 16.4. The summed E-state index contributed by atoms with van der Waals surface area (Å²) < 4.78 is 7.54. The van der Waals surface area contributed by atoms with Crippen LogP contribution in [-0.4, -0.2) is 60.6 Å². The summed E-state index contributed by atoms with van der Waals surface area (Å²) in [6, 6.07) is 8.36. The molecule has 30 heavy (non-hydrogen) atoms. The quantitative estimate of drug-likeness (QED) is 0.483. The normalized spacial score (nSPS) is 17.2. The van der Waals surface area contributed by atoms with Crippen LogP contribution in [0.5, 0.6) is 0 Å². The molecule has 5 aromatic rings. The predicted molar refractivity (Wildman–Crippen MR) is 113 cm³/mol. The van der Waals surface area contributed by atoms with Crippen LogP contribution < -0.4 is 4.90 Å². The third-order valence-electron chi connectivity index (χ3n) is 5.64. The molecule has 9 nitrogen and oxygen atoms in total. The van der Waals surface area contributed by atoms with E-state index in [4.69, 9.17) is 14.8 Å². The van der Waals surface area contributed by atoms with Gasteiger partial charge in [0.15, 0.2) is 11.5 Å². The Morgan fingerprint density at radius 3 is 2.97 bits per heavy atom. The molecule has 0 bridgehead atoms. The average molecular weight is 400 g/mol. The van der Waals surface area contributed by atoms with Gasteiger partial charge in [-0.2, -0.15) is 5.10 Å². The van der Waals surface area contributed by atoms with E-state index >= 15 is 0 Å². The van der Waals surface area contributed by atoms with Crippen LogP contribution in [0.3, 0.4) is 0 Å². The molecule has 0 radical (unpaired) electrons. The third-order valence-corrected chi connectivity index (χ3v) is 5.64. The minimum Gasteiger partial charge on any atom is -0.377 e. The number of fused-ring (bicyclic) bond motifs is 2. The molecule has 6 heterocycles. The lowest BCUT2D eigenvalue weighted by atomic mass is 10.1. The van der Waals surface area contributed by atoms with E-state index in [2.05, 4.69) is 38.1 Å². The predicted octanol–water partition coefficient (Wildman–Crippen LogP) is 2.89. The largest absolute Gasteiger partial charge is 0.377 e. The molecule has 1 unspecified atom stereocenters. The molecule has 0 amide bonds. The van der Waals surface area contributed by atoms with Crippen molar-refractivity contribution in [3.8, 4) is 22.5 Å². The van der Waals surface area contributed by atoms with Crippen molar-refractivity contribution < 1.29 is 4.74 Å². The minimum absolute atomic E-state index is 0.236. The molecule has 1 saturated heterocycles. The first-order valence-electron chi connectivity index (χ1n) is 9.95. The summed E-state index contributed by atoms with van der Waals surface area (Å²) in [4.78, 5) is 14.7. The first kappa shape index (κ1) is 17.2. The number of hydrogen-bond donors (Lipinski definition) is 2. The fraction of sp³-hybridized carbons (Fsp3) is 0.238. The summed E-state index contributed by atoms with van der Waals surface area (Å²) in [5.41, 5.74) is 5.46. The molecule has 0 spiro atoms. The van der Waals surface area contributed by atoms with Crippen LogP contribution in [-0.2, 0) is 4.74 Å². The van der Waals surface area contributed by atoms with Crippen LogP contribution in [0.15, 0.2) is 49.1 Å². The molecule has 0 saturated carbocycles. The summed E-state index contributed by atoms with van der Waals surface area (Å²) >= 11 is 0. The number of nitrogens with one attached hydrogen (secondary N) is 2. The number of hydrogen-bond acceptors (Lipinski definition) is 6. The molecular weight excluding hydrogens is 380 g/mol. The second kappa shape index (κ2) is 6.67. The molecular formula is C21H20N8O. The van der Waals surface area contributed by atoms with E-state index in [1.54, 1.807) is 6.20 Å². The molecule has 150 valence electrons. The van der Waals surface area contributed by atoms with E-state index in [1.807, 2.05) is 41.3 Å². The van der Waals surface area contributed by atoms with Crippen molar-refractivity contribution in [2.45, 2.75) is 13.0 Å². The molecule has 0 aliphatic carbocycles. The number of nitrogens with zero attached hydrogens (tertiary/aromatic N) is 6. The zero-order chi connectivity index (χ0) is 20.1. The van der Waals surface area contributed by atoms with Crippen molar-refractivity contribution in [3.63, 3.8) is 0 Å². The lowest BCUT2D eigenvalue weighted by Gasteiger charge is -2.34. The number of H-pyrrole nitrogens is 2. The SMILES string of the molecule is CC1COCCN1c1cc(-c2ccnc3[nH]ccc23)c2ncc(-c3ccn[nH]3)n2n1. The van der Waals surface area contributed by atoms with Crippen molar-refractivity contribution in [2.75, 3.05) is 24.7 Å². The highest BCUT2D eigenvalue weighted by Crippen LogP contribution is 2.34. The zero-order valence-electron chi connectivity index (χ0n) is 16.4. The number of anilines is 1. The molecule has 1 aliphatic heterocycles. The second-order valence-corrected chi connectivity index (χ2v) is 7.48. The van der Waals surface area contributed by atoms with Gasteiger partial charge in [-0.05, 0) is 36.8 Å². The summed E-state index contributed by atoms with van der Waals surface area (Å²) in [5, 5.41) is 13.1. The number of aromatic amines is 2. The van der Waals surface area contributed by atoms with Crippen molar-refractivity contribution in [2.24, 2.45) is 0 Å². The van der Waals surface area contributed by atoms with Crippen LogP contribution >= 0.6 is 0 Å². The van der Waals surface area contributed by atoms with Gasteiger partial charge in [-0.1, -0.05) is 0 Å². The fourth-order valence-electron chi connectivity index (χ4n) is 4.14. The van der Waals surface area contributed by atoms with Gasteiger partial charge in [0.25, 0.3) is 0 Å². The smallest absolute Gasteiger partial charge is 0.162 e. The highest BCUT2D eigenvalue weighted by Gasteiger charge is 2.24. The van der Waals surface area contributed by atoms with Gasteiger partial charge < -0.3 is 14.6 Å². The van der Waals surface area contributed by atoms with Gasteiger partial charge in [-0.3, -0.25) is 5.10 Å². The van der Waals surface area contributed by atoms with Crippen LogP contribution in [0.2, 0.25) is 0 Å². The van der Waals surface area contributed by atoms with Crippen molar-refractivity contribution in [1.82, 2.24) is 34.8 Å². The Balaban J connectivity index is 1.64. The number of rotatable bonds is 3. The van der Waals surface area contributed by atoms with Gasteiger partial charge in [-0.15, -0.1) is 5.10 Å². The van der Waals surface area contributed by atoms with E-state index in [-0.39, 0.29) is 6.04 Å². The molecule has 0 aromatic carbocycles. The standard InChI is InChI=1S/C21H20N8O/c1-13-12-30-9-8-28(13)19-10-16(14-2-5-22-20-15(14)3-6-23-20)21-24-11-18(29(21)27-19)17-4-7-25-26-17/h2-7,10-11,13H,8-9,12H2,1H3,(H,22,23)(H,25,26). The Labute approximate surface area is 171 Å². The summed E-state index contributed by atoms with van der Waals surface area (Å²) in [7, 11) is 0. The maximum Gasteiger partial charge on any atom is 0.162 e. The lowest BCUT2D eigenvalue weighted by molar-refractivity contribution is 0.0984. The maximum atomic E-state index is 5.64. The summed E-state index contributed by atoms with van der Waals surface area (Å²) in [6.07, 6.45) is 7.30. The Bertz CT molecular complexity index is 1340. The molecule has 1 atom stereocenters. The summed E-state index contributed by atoms with van der Waals surface area (Å²) in [5.74, 6) is 0.896. The van der Waals surface area contributed by atoms with E-state index in [0.29, 0.717) is 13.2 Å². The van der Waals surface area contributed by atoms with Crippen LogP contribution in [0.25, 0.3) is 39.2 Å². The first-order valence-corrected chi connectivity index (χ1v) is 9.95. The number of morpholine rings is 1. The highest BCUT2D eigenvalue weighted by molar-refractivity contribution is 5.97. The topological polar surface area (TPSA) is 100 Å². The van der Waals surface area contributed by atoms with Crippen molar-refractivity contribution in [3.05, 3.63) is 49.1 Å². The van der Waals surface area contributed by atoms with Crippen molar-refractivity contribution in [1.29, 1.82) is 0 Å². The van der Waals surface area contributed by atoms with Gasteiger partial charge in [0.05, 0.1) is 31.1 Å². The van der Waals surface area contributed by atoms with Gasteiger partial charge in [0.2, 0.25) is 0 Å². The average Bonchev–Trinajstić information content (AvgIpc) is 3.52. The van der Waals surface area contributed by atoms with Crippen LogP contribution in [0.4, 0.5) is 5.82 Å².